The zero-order valence-electron chi connectivity index (χ0n) is 11.6. The number of hydrogen-bond donors (Lipinski definition) is 0. The highest BCUT2D eigenvalue weighted by Crippen LogP contribution is 2.38. The summed E-state index contributed by atoms with van der Waals surface area (Å²) in [5.74, 6) is 0. The smallest absolute Gasteiger partial charge is 0.102 e. The molecule has 1 nitrogen and oxygen atoms in total. The third kappa shape index (κ3) is 2.11. The van der Waals surface area contributed by atoms with Crippen LogP contribution in [0.25, 0.3) is 17.2 Å². The number of methoxy groups -OCH3 is 1. The molecule has 0 N–H and O–H groups in total. The molecule has 1 unspecified atom stereocenters. The van der Waals surface area contributed by atoms with E-state index >= 15 is 0 Å². The first kappa shape index (κ1) is 12.2. The molecule has 96 valence electrons. The summed E-state index contributed by atoms with van der Waals surface area (Å²) in [6.07, 6.45) is 4.35. The molecule has 19 heavy (non-hydrogen) atoms. The summed E-state index contributed by atoms with van der Waals surface area (Å²) in [6, 6.07) is 13.2. The summed E-state index contributed by atoms with van der Waals surface area (Å²) >= 11 is 0. The second kappa shape index (κ2) is 4.67. The molecule has 0 amide bonds. The topological polar surface area (TPSA) is 9.23 Å². The Bertz CT molecular complexity index is 632. The lowest BCUT2D eigenvalue weighted by atomic mass is 9.93. The van der Waals surface area contributed by atoms with Crippen LogP contribution in [0.4, 0.5) is 0 Å². The van der Waals surface area contributed by atoms with Gasteiger partial charge in [-0.05, 0) is 36.1 Å². The summed E-state index contributed by atoms with van der Waals surface area (Å²) in [4.78, 5) is 0. The Morgan fingerprint density at radius 2 is 1.74 bits per heavy atom. The Hall–Kier alpha value is -1.86. The van der Waals surface area contributed by atoms with Gasteiger partial charge in [0.25, 0.3) is 0 Å². The van der Waals surface area contributed by atoms with E-state index in [-0.39, 0.29) is 6.10 Å². The quantitative estimate of drug-likeness (QED) is 0.751. The van der Waals surface area contributed by atoms with E-state index in [9.17, 15) is 0 Å². The molecule has 0 saturated heterocycles. The maximum absolute atomic E-state index is 5.57. The summed E-state index contributed by atoms with van der Waals surface area (Å²) in [7, 11) is 1.77. The number of aryl methyl sites for hydroxylation is 2. The number of rotatable bonds is 2. The normalized spacial score (nSPS) is 16.7. The Labute approximate surface area is 114 Å². The maximum Gasteiger partial charge on any atom is 0.102 e. The van der Waals surface area contributed by atoms with Gasteiger partial charge in [0.15, 0.2) is 0 Å². The van der Waals surface area contributed by atoms with Crippen LogP contribution in [0, 0.1) is 13.8 Å². The van der Waals surface area contributed by atoms with Gasteiger partial charge >= 0.3 is 0 Å². The van der Waals surface area contributed by atoms with Crippen molar-refractivity contribution in [3.63, 3.8) is 0 Å². The summed E-state index contributed by atoms with van der Waals surface area (Å²) in [5.41, 5.74) is 7.71. The molecule has 0 spiro atoms. The van der Waals surface area contributed by atoms with Gasteiger partial charge in [-0.25, -0.2) is 0 Å². The summed E-state index contributed by atoms with van der Waals surface area (Å²) in [5, 5.41) is 0. The van der Waals surface area contributed by atoms with Gasteiger partial charge in [0, 0.05) is 7.11 Å². The summed E-state index contributed by atoms with van der Waals surface area (Å²) < 4.78 is 5.57. The Kier molecular flexibility index (Phi) is 3.00. The van der Waals surface area contributed by atoms with E-state index in [0.29, 0.717) is 0 Å². The van der Waals surface area contributed by atoms with Crippen molar-refractivity contribution in [1.29, 1.82) is 0 Å². The van der Waals surface area contributed by atoms with Crippen molar-refractivity contribution in [3.05, 3.63) is 64.7 Å². The molecule has 1 atom stereocenters. The van der Waals surface area contributed by atoms with Crippen molar-refractivity contribution in [1.82, 2.24) is 0 Å². The molecule has 2 aromatic carbocycles. The zero-order valence-corrected chi connectivity index (χ0v) is 11.6. The monoisotopic (exact) mass is 250 g/mol. The van der Waals surface area contributed by atoms with Gasteiger partial charge in [-0.3, -0.25) is 0 Å². The van der Waals surface area contributed by atoms with E-state index in [2.05, 4.69) is 62.4 Å². The molecule has 0 saturated carbocycles. The highest BCUT2D eigenvalue weighted by molar-refractivity contribution is 5.77. The third-order valence-corrected chi connectivity index (χ3v) is 3.66. The number of benzene rings is 2. The van der Waals surface area contributed by atoms with E-state index in [0.717, 1.165) is 0 Å². The molecule has 0 heterocycles. The molecule has 0 bridgehead atoms. The van der Waals surface area contributed by atoms with Crippen molar-refractivity contribution < 1.29 is 4.74 Å². The first-order chi connectivity index (χ1) is 9.19. The van der Waals surface area contributed by atoms with Gasteiger partial charge in [-0.15, -0.1) is 0 Å². The first-order valence-electron chi connectivity index (χ1n) is 6.61. The van der Waals surface area contributed by atoms with E-state index in [1.807, 2.05) is 0 Å². The van der Waals surface area contributed by atoms with Gasteiger partial charge in [0.1, 0.15) is 6.10 Å². The molecule has 0 aliphatic heterocycles. The molecular formula is C18H18O. The lowest BCUT2D eigenvalue weighted by Gasteiger charge is -2.15. The average molecular weight is 250 g/mol. The summed E-state index contributed by atoms with van der Waals surface area (Å²) in [6.45, 7) is 4.29. The Morgan fingerprint density at radius 3 is 2.42 bits per heavy atom. The average Bonchev–Trinajstić information content (AvgIpc) is 2.80. The minimum atomic E-state index is 0.0759. The lowest BCUT2D eigenvalue weighted by Crippen LogP contribution is -1.99. The van der Waals surface area contributed by atoms with Crippen LogP contribution in [0.2, 0.25) is 0 Å². The largest absolute Gasteiger partial charge is 0.373 e. The molecular weight excluding hydrogens is 232 g/mol. The predicted molar refractivity (Wildman–Crippen MR) is 80.1 cm³/mol. The fourth-order valence-electron chi connectivity index (χ4n) is 2.91. The molecule has 1 aliphatic rings. The number of fused-ring (bicyclic) bond motifs is 1. The van der Waals surface area contributed by atoms with Gasteiger partial charge in [-0.1, -0.05) is 59.7 Å². The molecule has 0 aromatic heterocycles. The van der Waals surface area contributed by atoms with Crippen LogP contribution < -0.4 is 0 Å². The molecule has 3 rings (SSSR count). The SMILES string of the molecule is COC1C=Cc2cccc(-c3cc(C)cc(C)c3)c21. The van der Waals surface area contributed by atoms with Crippen LogP contribution in [-0.2, 0) is 4.74 Å². The van der Waals surface area contributed by atoms with Crippen molar-refractivity contribution >= 4 is 6.08 Å². The molecule has 0 fully saturated rings. The molecule has 1 aliphatic carbocycles. The van der Waals surface area contributed by atoms with E-state index in [1.165, 1.54) is 33.4 Å². The van der Waals surface area contributed by atoms with Crippen LogP contribution in [0.15, 0.2) is 42.5 Å². The van der Waals surface area contributed by atoms with Crippen LogP contribution in [0.5, 0.6) is 0 Å². The minimum absolute atomic E-state index is 0.0759. The molecule has 1 heteroatoms. The van der Waals surface area contributed by atoms with Crippen molar-refractivity contribution in [2.24, 2.45) is 0 Å². The van der Waals surface area contributed by atoms with Gasteiger partial charge < -0.3 is 4.74 Å². The van der Waals surface area contributed by atoms with Crippen LogP contribution in [0.1, 0.15) is 28.4 Å². The molecule has 2 aromatic rings. The Morgan fingerprint density at radius 1 is 1.00 bits per heavy atom. The maximum atomic E-state index is 5.57. The number of ether oxygens (including phenoxy) is 1. The second-order valence-electron chi connectivity index (χ2n) is 5.20. The van der Waals surface area contributed by atoms with Gasteiger partial charge in [0.05, 0.1) is 0 Å². The van der Waals surface area contributed by atoms with Gasteiger partial charge in [0.2, 0.25) is 0 Å². The van der Waals surface area contributed by atoms with Crippen molar-refractivity contribution in [3.8, 4) is 11.1 Å². The first-order valence-corrected chi connectivity index (χ1v) is 6.61. The predicted octanol–water partition coefficient (Wildman–Crippen LogP) is 4.68. The zero-order chi connectivity index (χ0) is 13.4. The highest BCUT2D eigenvalue weighted by Gasteiger charge is 2.20. The van der Waals surface area contributed by atoms with Gasteiger partial charge in [-0.2, -0.15) is 0 Å². The van der Waals surface area contributed by atoms with Crippen molar-refractivity contribution in [2.75, 3.05) is 7.11 Å². The highest BCUT2D eigenvalue weighted by atomic mass is 16.5. The van der Waals surface area contributed by atoms with Crippen LogP contribution in [-0.4, -0.2) is 7.11 Å². The Balaban J connectivity index is 2.19. The van der Waals surface area contributed by atoms with Crippen LogP contribution >= 0.6 is 0 Å². The number of hydrogen-bond acceptors (Lipinski definition) is 1. The van der Waals surface area contributed by atoms with E-state index in [4.69, 9.17) is 4.74 Å². The van der Waals surface area contributed by atoms with E-state index in [1.54, 1.807) is 7.11 Å². The minimum Gasteiger partial charge on any atom is -0.373 e. The van der Waals surface area contributed by atoms with Crippen molar-refractivity contribution in [2.45, 2.75) is 20.0 Å². The molecule has 0 radical (unpaired) electrons. The second-order valence-corrected chi connectivity index (χ2v) is 5.20. The standard InChI is InChI=1S/C18H18O/c1-12-9-13(2)11-15(10-12)16-6-4-5-14-7-8-17(19-3)18(14)16/h4-11,17H,1-3H3. The fraction of sp³-hybridized carbons (Fsp3) is 0.222. The van der Waals surface area contributed by atoms with E-state index < -0.39 is 0 Å². The van der Waals surface area contributed by atoms with Crippen LogP contribution in [0.3, 0.4) is 0 Å². The lowest BCUT2D eigenvalue weighted by molar-refractivity contribution is 0.146. The fourth-order valence-corrected chi connectivity index (χ4v) is 2.91. The third-order valence-electron chi connectivity index (χ3n) is 3.66.